The topological polar surface area (TPSA) is 27.8 Å². The van der Waals surface area contributed by atoms with Crippen molar-refractivity contribution >= 4 is 23.5 Å². The van der Waals surface area contributed by atoms with Crippen LogP contribution in [0.2, 0.25) is 0 Å². The summed E-state index contributed by atoms with van der Waals surface area (Å²) in [5.41, 5.74) is 5.60. The van der Waals surface area contributed by atoms with Crippen LogP contribution in [0, 0.1) is 0 Å². The molecule has 2 unspecified atom stereocenters. The highest BCUT2D eigenvalue weighted by Gasteiger charge is 2.40. The molecule has 0 saturated carbocycles. The third-order valence-electron chi connectivity index (χ3n) is 5.26. The summed E-state index contributed by atoms with van der Waals surface area (Å²) in [6.45, 7) is 5.13. The number of allylic oxidation sites excluding steroid dienone is 1. The van der Waals surface area contributed by atoms with Crippen molar-refractivity contribution < 1.29 is 0 Å². The maximum Gasteiger partial charge on any atom is 0.0462 e. The van der Waals surface area contributed by atoms with Gasteiger partial charge >= 0.3 is 0 Å². The first-order valence-electron chi connectivity index (χ1n) is 7.93. The van der Waals surface area contributed by atoms with Crippen molar-refractivity contribution in [3.05, 3.63) is 47.7 Å². The Balaban J connectivity index is 2.00. The number of thiol groups is 1. The van der Waals surface area contributed by atoms with Crippen LogP contribution in [-0.2, 0) is 5.75 Å². The largest absolute Gasteiger partial charge is 0.357 e. The molecular weight excluding hydrogens is 276 g/mol. The second-order valence-corrected chi connectivity index (χ2v) is 6.62. The van der Waals surface area contributed by atoms with Gasteiger partial charge in [0.25, 0.3) is 0 Å². The van der Waals surface area contributed by atoms with Gasteiger partial charge in [-0.1, -0.05) is 18.2 Å². The molecule has 1 saturated heterocycles. The summed E-state index contributed by atoms with van der Waals surface area (Å²) >= 11 is 4.55. The first kappa shape index (κ1) is 13.5. The van der Waals surface area contributed by atoms with E-state index in [1.165, 1.54) is 40.6 Å². The van der Waals surface area contributed by atoms with Crippen LogP contribution in [0.25, 0.3) is 10.9 Å². The minimum Gasteiger partial charge on any atom is -0.357 e. The second kappa shape index (κ2) is 5.22. The molecule has 110 valence electrons. The zero-order valence-electron chi connectivity index (χ0n) is 12.2. The molecule has 3 heteroatoms. The lowest BCUT2D eigenvalue weighted by Crippen LogP contribution is -2.46. The highest BCUT2D eigenvalue weighted by Crippen LogP contribution is 2.49. The summed E-state index contributed by atoms with van der Waals surface area (Å²) < 4.78 is 0. The number of aromatic amines is 1. The van der Waals surface area contributed by atoms with E-state index in [1.54, 1.807) is 0 Å². The summed E-state index contributed by atoms with van der Waals surface area (Å²) in [5.74, 6) is 1.94. The molecule has 0 amide bonds. The molecule has 2 N–H and O–H groups in total. The summed E-state index contributed by atoms with van der Waals surface area (Å²) in [6.07, 6.45) is 5.69. The van der Waals surface area contributed by atoms with Gasteiger partial charge in [0.1, 0.15) is 0 Å². The van der Waals surface area contributed by atoms with Crippen LogP contribution < -0.4 is 5.32 Å². The van der Waals surface area contributed by atoms with Crippen molar-refractivity contribution in [2.75, 3.05) is 6.54 Å². The number of rotatable bonds is 3. The quantitative estimate of drug-likeness (QED) is 0.577. The Kier molecular flexibility index (Phi) is 3.35. The fourth-order valence-corrected chi connectivity index (χ4v) is 4.76. The van der Waals surface area contributed by atoms with Gasteiger partial charge in [0.2, 0.25) is 0 Å². The fourth-order valence-electron chi connectivity index (χ4n) is 4.51. The van der Waals surface area contributed by atoms with Crippen molar-refractivity contribution in [2.24, 2.45) is 0 Å². The predicted molar refractivity (Wildman–Crippen MR) is 92.3 cm³/mol. The lowest BCUT2D eigenvalue weighted by molar-refractivity contribution is 0.302. The molecule has 1 aliphatic heterocycles. The van der Waals surface area contributed by atoms with Crippen molar-refractivity contribution in [1.82, 2.24) is 10.3 Å². The summed E-state index contributed by atoms with van der Waals surface area (Å²) in [7, 11) is 0. The van der Waals surface area contributed by atoms with Gasteiger partial charge in [-0.05, 0) is 43.0 Å². The van der Waals surface area contributed by atoms with E-state index in [0.717, 1.165) is 18.7 Å². The molecule has 4 rings (SSSR count). The fraction of sp³-hybridized carbons (Fsp3) is 0.444. The highest BCUT2D eigenvalue weighted by atomic mass is 32.1. The maximum absolute atomic E-state index is 4.55. The number of nitrogens with one attached hydrogen (secondary N) is 2. The minimum atomic E-state index is 0.526. The van der Waals surface area contributed by atoms with Gasteiger partial charge in [-0.25, -0.2) is 0 Å². The van der Waals surface area contributed by atoms with Crippen molar-refractivity contribution in [3.63, 3.8) is 0 Å². The van der Waals surface area contributed by atoms with Gasteiger partial charge in [-0.3, -0.25) is 0 Å². The van der Waals surface area contributed by atoms with E-state index < -0.39 is 0 Å². The standard InChI is InChI=1S/C18H22N2S/c1-2-5-13-17-15(10-21)20-14-8-3-6-11(16(14)17)12-7-4-9-19-18(12)13/h2-3,6,8,12-13,18-21H,1,4-5,7,9-10H2/t12?,13?,18-/m0/s1. The van der Waals surface area contributed by atoms with Crippen molar-refractivity contribution in [3.8, 4) is 0 Å². The van der Waals surface area contributed by atoms with Gasteiger partial charge < -0.3 is 10.3 Å². The Morgan fingerprint density at radius 3 is 3.10 bits per heavy atom. The normalized spacial score (nSPS) is 27.6. The number of piperidine rings is 1. The molecule has 1 aliphatic carbocycles. The molecule has 1 aromatic heterocycles. The lowest BCUT2D eigenvalue weighted by atomic mass is 9.69. The third kappa shape index (κ3) is 1.91. The molecule has 1 aromatic carbocycles. The molecule has 2 nitrogen and oxygen atoms in total. The average Bonchev–Trinajstić information content (AvgIpc) is 2.91. The van der Waals surface area contributed by atoms with Gasteiger partial charge in [-0.2, -0.15) is 12.6 Å². The number of benzene rings is 1. The van der Waals surface area contributed by atoms with Gasteiger partial charge in [0.15, 0.2) is 0 Å². The molecule has 2 aromatic rings. The highest BCUT2D eigenvalue weighted by molar-refractivity contribution is 7.79. The Morgan fingerprint density at radius 2 is 2.29 bits per heavy atom. The molecule has 3 atom stereocenters. The Hall–Kier alpha value is -1.19. The van der Waals surface area contributed by atoms with Crippen LogP contribution in [0.4, 0.5) is 0 Å². The number of hydrogen-bond donors (Lipinski definition) is 3. The van der Waals surface area contributed by atoms with E-state index in [1.807, 2.05) is 0 Å². The van der Waals surface area contributed by atoms with Crippen LogP contribution in [0.3, 0.4) is 0 Å². The molecule has 1 fully saturated rings. The molecule has 2 aliphatic rings. The van der Waals surface area contributed by atoms with Crippen molar-refractivity contribution in [2.45, 2.75) is 42.9 Å². The van der Waals surface area contributed by atoms with E-state index in [-0.39, 0.29) is 0 Å². The monoisotopic (exact) mass is 298 g/mol. The van der Waals surface area contributed by atoms with E-state index in [0.29, 0.717) is 17.9 Å². The zero-order valence-corrected chi connectivity index (χ0v) is 13.1. The number of H-pyrrole nitrogens is 1. The molecule has 0 radical (unpaired) electrons. The van der Waals surface area contributed by atoms with Crippen LogP contribution in [0.1, 0.15) is 47.9 Å². The number of hydrogen-bond acceptors (Lipinski definition) is 2. The Labute approximate surface area is 131 Å². The van der Waals surface area contributed by atoms with E-state index >= 15 is 0 Å². The molecule has 0 spiro atoms. The molecule has 0 bridgehead atoms. The maximum atomic E-state index is 4.55. The molecule has 2 heterocycles. The van der Waals surface area contributed by atoms with Gasteiger partial charge in [0, 0.05) is 40.2 Å². The van der Waals surface area contributed by atoms with E-state index in [9.17, 15) is 0 Å². The summed E-state index contributed by atoms with van der Waals surface area (Å²) in [4.78, 5) is 3.61. The van der Waals surface area contributed by atoms with Crippen LogP contribution >= 0.6 is 12.6 Å². The average molecular weight is 298 g/mol. The first-order valence-corrected chi connectivity index (χ1v) is 8.57. The zero-order chi connectivity index (χ0) is 14.4. The van der Waals surface area contributed by atoms with Gasteiger partial charge in [-0.15, -0.1) is 6.58 Å². The first-order chi connectivity index (χ1) is 10.3. The molecular formula is C18H22N2S. The summed E-state index contributed by atoms with van der Waals surface area (Å²) in [6, 6.07) is 7.28. The SMILES string of the molecule is C=CCC1c2c(CS)[nH]c3cccc(c23)C2CCCN[C@@H]21. The molecule has 21 heavy (non-hydrogen) atoms. The lowest BCUT2D eigenvalue weighted by Gasteiger charge is -2.42. The van der Waals surface area contributed by atoms with E-state index in [4.69, 9.17) is 0 Å². The Bertz CT molecular complexity index is 688. The third-order valence-corrected chi connectivity index (χ3v) is 5.58. The van der Waals surface area contributed by atoms with Crippen LogP contribution in [0.5, 0.6) is 0 Å². The number of aromatic nitrogens is 1. The Morgan fingerprint density at radius 1 is 1.38 bits per heavy atom. The van der Waals surface area contributed by atoms with Gasteiger partial charge in [0.05, 0.1) is 0 Å². The minimum absolute atomic E-state index is 0.526. The van der Waals surface area contributed by atoms with Crippen molar-refractivity contribution in [1.29, 1.82) is 0 Å². The smallest absolute Gasteiger partial charge is 0.0462 e. The van der Waals surface area contributed by atoms with E-state index in [2.05, 4.69) is 53.8 Å². The van der Waals surface area contributed by atoms with Crippen LogP contribution in [-0.4, -0.2) is 17.6 Å². The number of fused-ring (bicyclic) bond motifs is 2. The second-order valence-electron chi connectivity index (χ2n) is 6.30. The van der Waals surface area contributed by atoms with Crippen LogP contribution in [0.15, 0.2) is 30.9 Å². The predicted octanol–water partition coefficient (Wildman–Crippen LogP) is 4.11. The summed E-state index contributed by atoms with van der Waals surface area (Å²) in [5, 5.41) is 5.26.